The van der Waals surface area contributed by atoms with Gasteiger partial charge in [-0.3, -0.25) is 4.79 Å². The number of aromatic nitrogens is 4. The number of amides is 1. The number of aryl methyl sites for hydroxylation is 1. The molecule has 0 radical (unpaired) electrons. The van der Waals surface area contributed by atoms with Crippen LogP contribution in [0.1, 0.15) is 46.3 Å². The third kappa shape index (κ3) is 3.58. The summed E-state index contributed by atoms with van der Waals surface area (Å²) >= 11 is 6.25. The lowest BCUT2D eigenvalue weighted by Gasteiger charge is -2.23. The molecule has 0 unspecified atom stereocenters. The smallest absolute Gasteiger partial charge is 0.256 e. The number of hydrogen-bond acceptors (Lipinski definition) is 5. The molecular weight excluding hydrogens is 426 g/mol. The molecule has 1 atom stereocenters. The van der Waals surface area contributed by atoms with Crippen LogP contribution in [0.15, 0.2) is 59.4 Å². The number of hydrogen-bond donors (Lipinski definition) is 0. The molecule has 5 rings (SSSR count). The van der Waals surface area contributed by atoms with Crippen molar-refractivity contribution >= 4 is 17.5 Å². The fourth-order valence-electron chi connectivity index (χ4n) is 4.18. The van der Waals surface area contributed by atoms with Crippen LogP contribution in [0.4, 0.5) is 0 Å². The molecule has 0 saturated carbocycles. The van der Waals surface area contributed by atoms with Gasteiger partial charge in [-0.1, -0.05) is 40.5 Å². The molecule has 7 nitrogen and oxygen atoms in total. The monoisotopic (exact) mass is 447 g/mol. The van der Waals surface area contributed by atoms with E-state index in [0.29, 0.717) is 28.8 Å². The van der Waals surface area contributed by atoms with Crippen LogP contribution in [0.5, 0.6) is 0 Å². The van der Waals surface area contributed by atoms with Crippen molar-refractivity contribution in [3.63, 3.8) is 0 Å². The third-order valence-electron chi connectivity index (χ3n) is 5.88. The van der Waals surface area contributed by atoms with Crippen molar-refractivity contribution in [1.29, 1.82) is 0 Å². The van der Waals surface area contributed by atoms with Gasteiger partial charge in [0.15, 0.2) is 0 Å². The second-order valence-corrected chi connectivity index (χ2v) is 8.40. The first-order chi connectivity index (χ1) is 15.5. The first-order valence-electron chi connectivity index (χ1n) is 10.5. The SMILES string of the molecule is Cc1ccc(-n2cccn2)c(C(=O)N2CCC[C@H]2c2nc(-c3cccc(Cl)c3C)no2)c1. The quantitative estimate of drug-likeness (QED) is 0.431. The van der Waals surface area contributed by atoms with Gasteiger partial charge >= 0.3 is 0 Å². The standard InChI is InChI=1S/C24H22ClN5O2/c1-15-9-10-20(30-13-5-11-26-30)18(14-15)24(31)29-12-4-8-21(29)23-27-22(28-32-23)17-6-3-7-19(25)16(17)2/h3,5-7,9-11,13-14,21H,4,8,12H2,1-2H3/t21-/m0/s1. The average molecular weight is 448 g/mol. The predicted octanol–water partition coefficient (Wildman–Crippen LogP) is 5.17. The summed E-state index contributed by atoms with van der Waals surface area (Å²) in [6.45, 7) is 4.53. The molecule has 162 valence electrons. The minimum absolute atomic E-state index is 0.0691. The normalized spacial score (nSPS) is 16.0. The van der Waals surface area contributed by atoms with Crippen molar-refractivity contribution in [3.8, 4) is 17.1 Å². The maximum Gasteiger partial charge on any atom is 0.256 e. The van der Waals surface area contributed by atoms with E-state index in [1.807, 2.05) is 67.4 Å². The Labute approximate surface area is 190 Å². The zero-order chi connectivity index (χ0) is 22.2. The van der Waals surface area contributed by atoms with Crippen LogP contribution < -0.4 is 0 Å². The van der Waals surface area contributed by atoms with E-state index in [4.69, 9.17) is 16.1 Å². The zero-order valence-electron chi connectivity index (χ0n) is 17.8. The van der Waals surface area contributed by atoms with Crippen LogP contribution in [0.3, 0.4) is 0 Å². The second-order valence-electron chi connectivity index (χ2n) is 8.00. The molecule has 0 aliphatic carbocycles. The van der Waals surface area contributed by atoms with Crippen LogP contribution in [0, 0.1) is 13.8 Å². The Morgan fingerprint density at radius 2 is 2.06 bits per heavy atom. The highest BCUT2D eigenvalue weighted by Crippen LogP contribution is 2.35. The second kappa shape index (κ2) is 8.24. The minimum atomic E-state index is -0.269. The molecule has 2 aromatic heterocycles. The number of nitrogens with zero attached hydrogens (tertiary/aromatic N) is 5. The molecular formula is C24H22ClN5O2. The Balaban J connectivity index is 1.48. The van der Waals surface area contributed by atoms with Gasteiger partial charge in [-0.05, 0) is 56.5 Å². The van der Waals surface area contributed by atoms with Gasteiger partial charge in [0.25, 0.3) is 5.91 Å². The molecule has 4 aromatic rings. The van der Waals surface area contributed by atoms with E-state index < -0.39 is 0 Å². The van der Waals surface area contributed by atoms with Crippen molar-refractivity contribution < 1.29 is 9.32 Å². The third-order valence-corrected chi connectivity index (χ3v) is 6.29. The Morgan fingerprint density at radius 3 is 2.88 bits per heavy atom. The Kier molecular flexibility index (Phi) is 5.27. The molecule has 1 amide bonds. The molecule has 3 heterocycles. The summed E-state index contributed by atoms with van der Waals surface area (Å²) in [5, 5.41) is 9.13. The topological polar surface area (TPSA) is 77.1 Å². The first kappa shape index (κ1) is 20.5. The minimum Gasteiger partial charge on any atom is -0.337 e. The number of carbonyl (C=O) groups is 1. The molecule has 1 fully saturated rings. The summed E-state index contributed by atoms with van der Waals surface area (Å²) in [5.74, 6) is 0.853. The predicted molar refractivity (Wildman–Crippen MR) is 121 cm³/mol. The molecule has 0 spiro atoms. The molecule has 8 heteroatoms. The Morgan fingerprint density at radius 1 is 1.19 bits per heavy atom. The van der Waals surface area contributed by atoms with Crippen LogP contribution in [-0.2, 0) is 0 Å². The van der Waals surface area contributed by atoms with Gasteiger partial charge in [0.1, 0.15) is 6.04 Å². The fourth-order valence-corrected chi connectivity index (χ4v) is 4.36. The average Bonchev–Trinajstić information content (AvgIpc) is 3.56. The molecule has 1 saturated heterocycles. The van der Waals surface area contributed by atoms with Crippen molar-refractivity contribution in [2.45, 2.75) is 32.7 Å². The van der Waals surface area contributed by atoms with E-state index in [1.54, 1.807) is 10.9 Å². The molecule has 1 aliphatic rings. The lowest BCUT2D eigenvalue weighted by Crippen LogP contribution is -2.31. The summed E-state index contributed by atoms with van der Waals surface area (Å²) < 4.78 is 7.34. The van der Waals surface area contributed by atoms with Crippen LogP contribution in [0.25, 0.3) is 17.1 Å². The summed E-state index contributed by atoms with van der Waals surface area (Å²) in [5.41, 5.74) is 4.08. The molecule has 0 N–H and O–H groups in total. The molecule has 1 aliphatic heterocycles. The van der Waals surface area contributed by atoms with Gasteiger partial charge < -0.3 is 9.42 Å². The highest BCUT2D eigenvalue weighted by Gasteiger charge is 2.35. The van der Waals surface area contributed by atoms with Gasteiger partial charge in [0.2, 0.25) is 11.7 Å². The van der Waals surface area contributed by atoms with Gasteiger partial charge in [0, 0.05) is 29.5 Å². The van der Waals surface area contributed by atoms with E-state index in [1.165, 1.54) is 0 Å². The molecule has 2 aromatic carbocycles. The molecule has 32 heavy (non-hydrogen) atoms. The lowest BCUT2D eigenvalue weighted by molar-refractivity contribution is 0.0710. The maximum atomic E-state index is 13.7. The van der Waals surface area contributed by atoms with E-state index >= 15 is 0 Å². The number of benzene rings is 2. The van der Waals surface area contributed by atoms with Crippen molar-refractivity contribution in [1.82, 2.24) is 24.8 Å². The van der Waals surface area contributed by atoms with Crippen molar-refractivity contribution in [2.24, 2.45) is 0 Å². The number of likely N-dealkylation sites (tertiary alicyclic amines) is 1. The van der Waals surface area contributed by atoms with Crippen molar-refractivity contribution in [2.75, 3.05) is 6.54 Å². The zero-order valence-corrected chi connectivity index (χ0v) is 18.6. The van der Waals surface area contributed by atoms with Gasteiger partial charge in [0.05, 0.1) is 11.3 Å². The first-order valence-corrected chi connectivity index (χ1v) is 10.9. The van der Waals surface area contributed by atoms with Gasteiger partial charge in [-0.15, -0.1) is 0 Å². The van der Waals surface area contributed by atoms with Crippen LogP contribution >= 0.6 is 11.6 Å². The Bertz CT molecular complexity index is 1280. The van der Waals surface area contributed by atoms with Gasteiger partial charge in [-0.2, -0.15) is 10.1 Å². The number of carbonyl (C=O) groups excluding carboxylic acids is 1. The largest absolute Gasteiger partial charge is 0.337 e. The Hall–Kier alpha value is -3.45. The molecule has 0 bridgehead atoms. The summed E-state index contributed by atoms with van der Waals surface area (Å²) in [6.07, 6.45) is 5.17. The summed E-state index contributed by atoms with van der Waals surface area (Å²) in [7, 11) is 0. The van der Waals surface area contributed by atoms with E-state index in [-0.39, 0.29) is 11.9 Å². The van der Waals surface area contributed by atoms with E-state index in [2.05, 4.69) is 15.2 Å². The lowest BCUT2D eigenvalue weighted by atomic mass is 10.1. The summed E-state index contributed by atoms with van der Waals surface area (Å²) in [6, 6.07) is 13.0. The van der Waals surface area contributed by atoms with Crippen molar-refractivity contribution in [3.05, 3.63) is 82.5 Å². The van der Waals surface area contributed by atoms with E-state index in [9.17, 15) is 4.79 Å². The number of rotatable bonds is 4. The van der Waals surface area contributed by atoms with Gasteiger partial charge in [-0.25, -0.2) is 4.68 Å². The maximum absolute atomic E-state index is 13.7. The highest BCUT2D eigenvalue weighted by molar-refractivity contribution is 6.31. The summed E-state index contributed by atoms with van der Waals surface area (Å²) in [4.78, 5) is 20.1. The van der Waals surface area contributed by atoms with Crippen LogP contribution in [0.2, 0.25) is 5.02 Å². The fraction of sp³-hybridized carbons (Fsp3) is 0.250. The van der Waals surface area contributed by atoms with Crippen LogP contribution in [-0.4, -0.2) is 37.3 Å². The number of halogens is 1. The van der Waals surface area contributed by atoms with E-state index in [0.717, 1.165) is 35.2 Å². The highest BCUT2D eigenvalue weighted by atomic mass is 35.5.